The third-order valence-corrected chi connectivity index (χ3v) is 4.06. The zero-order valence-electron chi connectivity index (χ0n) is 10.4. The number of piperidine rings is 1. The molecule has 0 radical (unpaired) electrons. The van der Waals surface area contributed by atoms with Crippen LogP contribution in [0, 0.1) is 5.92 Å². The van der Waals surface area contributed by atoms with Crippen LogP contribution in [0.3, 0.4) is 0 Å². The summed E-state index contributed by atoms with van der Waals surface area (Å²) in [5, 5.41) is 6.25. The van der Waals surface area contributed by atoms with Crippen molar-refractivity contribution in [3.05, 3.63) is 23.7 Å². The summed E-state index contributed by atoms with van der Waals surface area (Å²) in [6.45, 7) is 1.81. The zero-order valence-corrected chi connectivity index (χ0v) is 12.0. The van der Waals surface area contributed by atoms with Gasteiger partial charge in [0.25, 0.3) is 0 Å². The van der Waals surface area contributed by atoms with Gasteiger partial charge in [-0.15, -0.1) is 23.7 Å². The topological polar surface area (TPSA) is 54.0 Å². The summed E-state index contributed by atoms with van der Waals surface area (Å²) in [4.78, 5) is 16.3. The first-order chi connectivity index (χ1) is 8.83. The Labute approximate surface area is 122 Å². The first-order valence-corrected chi connectivity index (χ1v) is 7.06. The summed E-state index contributed by atoms with van der Waals surface area (Å²) in [5.41, 5.74) is 3.67. The number of nitrogens with one attached hydrogen (secondary N) is 2. The molecule has 6 heteroatoms. The van der Waals surface area contributed by atoms with Gasteiger partial charge in [0.05, 0.1) is 21.6 Å². The highest BCUT2D eigenvalue weighted by atomic mass is 35.5. The second-order valence-corrected chi connectivity index (χ2v) is 5.45. The molecule has 102 valence electrons. The molecule has 2 heterocycles. The normalized spacial score (nSPS) is 18.8. The van der Waals surface area contributed by atoms with Gasteiger partial charge in [0.2, 0.25) is 5.91 Å². The Hall–Kier alpha value is -1.17. The molecule has 3 rings (SSSR count). The van der Waals surface area contributed by atoms with Crippen LogP contribution in [0.1, 0.15) is 12.8 Å². The van der Waals surface area contributed by atoms with Gasteiger partial charge in [-0.2, -0.15) is 0 Å². The van der Waals surface area contributed by atoms with E-state index < -0.39 is 0 Å². The van der Waals surface area contributed by atoms with Gasteiger partial charge in [-0.05, 0) is 37.6 Å². The first kappa shape index (κ1) is 14.2. The van der Waals surface area contributed by atoms with Crippen LogP contribution >= 0.6 is 23.7 Å². The number of hydrogen-bond acceptors (Lipinski definition) is 4. The Kier molecular flexibility index (Phi) is 4.74. The Morgan fingerprint density at radius 3 is 3.16 bits per heavy atom. The predicted molar refractivity (Wildman–Crippen MR) is 81.1 cm³/mol. The van der Waals surface area contributed by atoms with Crippen molar-refractivity contribution in [1.29, 1.82) is 0 Å². The molecule has 1 aliphatic rings. The van der Waals surface area contributed by atoms with Crippen molar-refractivity contribution < 1.29 is 4.79 Å². The predicted octanol–water partition coefficient (Wildman–Crippen LogP) is 2.66. The highest BCUT2D eigenvalue weighted by molar-refractivity contribution is 7.16. The van der Waals surface area contributed by atoms with Crippen LogP contribution in [0.4, 0.5) is 5.69 Å². The van der Waals surface area contributed by atoms with Gasteiger partial charge in [-0.1, -0.05) is 0 Å². The SMILES string of the molecule is Cl.O=C(Nc1ccc2ncsc2c1)[C@@H]1CCCNC1. The fourth-order valence-corrected chi connectivity index (χ4v) is 2.97. The van der Waals surface area contributed by atoms with E-state index in [0.717, 1.165) is 41.8 Å². The number of hydrogen-bond donors (Lipinski definition) is 2. The lowest BCUT2D eigenvalue weighted by Gasteiger charge is -2.21. The molecule has 1 aromatic heterocycles. The molecule has 0 aliphatic carbocycles. The third-order valence-electron chi connectivity index (χ3n) is 3.27. The largest absolute Gasteiger partial charge is 0.326 e. The number of halogens is 1. The van der Waals surface area contributed by atoms with Gasteiger partial charge in [0, 0.05) is 12.2 Å². The number of fused-ring (bicyclic) bond motifs is 1. The maximum Gasteiger partial charge on any atom is 0.228 e. The van der Waals surface area contributed by atoms with E-state index in [0.29, 0.717) is 0 Å². The number of amides is 1. The molecule has 1 amide bonds. The molecule has 4 nitrogen and oxygen atoms in total. The lowest BCUT2D eigenvalue weighted by molar-refractivity contribution is -0.120. The first-order valence-electron chi connectivity index (χ1n) is 6.18. The van der Waals surface area contributed by atoms with Crippen molar-refractivity contribution in [3.8, 4) is 0 Å². The molecule has 2 aromatic rings. The lowest BCUT2D eigenvalue weighted by Crippen LogP contribution is -2.37. The van der Waals surface area contributed by atoms with E-state index in [1.165, 1.54) is 0 Å². The van der Waals surface area contributed by atoms with Crippen molar-refractivity contribution in [2.24, 2.45) is 5.92 Å². The van der Waals surface area contributed by atoms with E-state index in [4.69, 9.17) is 0 Å². The van der Waals surface area contributed by atoms with Crippen LogP contribution in [0.25, 0.3) is 10.2 Å². The molecule has 1 aliphatic heterocycles. The minimum atomic E-state index is 0. The number of thiazole rings is 1. The molecular weight excluding hydrogens is 282 g/mol. The highest BCUT2D eigenvalue weighted by Crippen LogP contribution is 2.22. The van der Waals surface area contributed by atoms with Crippen molar-refractivity contribution in [2.75, 3.05) is 18.4 Å². The maximum absolute atomic E-state index is 12.1. The second kappa shape index (κ2) is 6.32. The molecule has 0 spiro atoms. The van der Waals surface area contributed by atoms with Crippen LogP contribution in [-0.2, 0) is 4.79 Å². The number of anilines is 1. The second-order valence-electron chi connectivity index (χ2n) is 4.57. The van der Waals surface area contributed by atoms with Crippen LogP contribution in [0.2, 0.25) is 0 Å². The quantitative estimate of drug-likeness (QED) is 0.896. The Morgan fingerprint density at radius 2 is 2.37 bits per heavy atom. The molecular formula is C13H16ClN3OS. The highest BCUT2D eigenvalue weighted by Gasteiger charge is 2.20. The fourth-order valence-electron chi connectivity index (χ4n) is 2.25. The van der Waals surface area contributed by atoms with E-state index in [-0.39, 0.29) is 24.2 Å². The van der Waals surface area contributed by atoms with Gasteiger partial charge >= 0.3 is 0 Å². The van der Waals surface area contributed by atoms with Crippen LogP contribution < -0.4 is 10.6 Å². The average molecular weight is 298 g/mol. The Bertz CT molecular complexity index is 566. The summed E-state index contributed by atoms with van der Waals surface area (Å²) < 4.78 is 1.11. The lowest BCUT2D eigenvalue weighted by atomic mass is 9.99. The molecule has 0 bridgehead atoms. The number of nitrogens with zero attached hydrogens (tertiary/aromatic N) is 1. The summed E-state index contributed by atoms with van der Waals surface area (Å²) in [7, 11) is 0. The van der Waals surface area contributed by atoms with Crippen molar-refractivity contribution in [3.63, 3.8) is 0 Å². The molecule has 1 aromatic carbocycles. The van der Waals surface area contributed by atoms with E-state index in [2.05, 4.69) is 15.6 Å². The van der Waals surface area contributed by atoms with E-state index in [1.54, 1.807) is 11.3 Å². The fraction of sp³-hybridized carbons (Fsp3) is 0.385. The molecule has 1 saturated heterocycles. The molecule has 0 saturated carbocycles. The van der Waals surface area contributed by atoms with Gasteiger partial charge in [0.15, 0.2) is 0 Å². The van der Waals surface area contributed by atoms with Crippen LogP contribution in [-0.4, -0.2) is 24.0 Å². The molecule has 2 N–H and O–H groups in total. The van der Waals surface area contributed by atoms with Gasteiger partial charge in [-0.25, -0.2) is 4.98 Å². The maximum atomic E-state index is 12.1. The van der Waals surface area contributed by atoms with Crippen molar-refractivity contribution >= 4 is 45.6 Å². The van der Waals surface area contributed by atoms with Crippen molar-refractivity contribution in [1.82, 2.24) is 10.3 Å². The van der Waals surface area contributed by atoms with Crippen LogP contribution in [0.15, 0.2) is 23.7 Å². The molecule has 0 unspecified atom stereocenters. The monoisotopic (exact) mass is 297 g/mol. The minimum Gasteiger partial charge on any atom is -0.326 e. The molecule has 1 fully saturated rings. The number of carbonyl (C=O) groups is 1. The third kappa shape index (κ3) is 3.23. The molecule has 19 heavy (non-hydrogen) atoms. The smallest absolute Gasteiger partial charge is 0.228 e. The van der Waals surface area contributed by atoms with Crippen molar-refractivity contribution in [2.45, 2.75) is 12.8 Å². The van der Waals surface area contributed by atoms with Crippen LogP contribution in [0.5, 0.6) is 0 Å². The Morgan fingerprint density at radius 1 is 1.47 bits per heavy atom. The standard InChI is InChI=1S/C13H15N3OS.ClH/c17-13(9-2-1-5-14-7-9)16-10-3-4-11-12(6-10)18-8-15-11;/h3-4,6,8-9,14H,1-2,5,7H2,(H,16,17);1H/t9-;/m1./s1. The van der Waals surface area contributed by atoms with E-state index in [9.17, 15) is 4.79 Å². The van der Waals surface area contributed by atoms with Gasteiger partial charge < -0.3 is 10.6 Å². The van der Waals surface area contributed by atoms with E-state index >= 15 is 0 Å². The minimum absolute atomic E-state index is 0. The zero-order chi connectivity index (χ0) is 12.4. The average Bonchev–Trinajstić information content (AvgIpc) is 2.87. The summed E-state index contributed by atoms with van der Waals surface area (Å²) >= 11 is 1.59. The number of rotatable bonds is 2. The number of benzene rings is 1. The summed E-state index contributed by atoms with van der Waals surface area (Å²) in [6.07, 6.45) is 2.05. The summed E-state index contributed by atoms with van der Waals surface area (Å²) in [5.74, 6) is 0.210. The molecule has 1 atom stereocenters. The van der Waals surface area contributed by atoms with Gasteiger partial charge in [0.1, 0.15) is 0 Å². The summed E-state index contributed by atoms with van der Waals surface area (Å²) in [6, 6.07) is 5.85. The number of aromatic nitrogens is 1. The van der Waals surface area contributed by atoms with Gasteiger partial charge in [-0.3, -0.25) is 4.79 Å². The van der Waals surface area contributed by atoms with E-state index in [1.807, 2.05) is 23.7 Å². The number of carbonyl (C=O) groups excluding carboxylic acids is 1. The Balaban J connectivity index is 0.00000133.